The normalized spacial score (nSPS) is 17.8. The molecule has 0 bridgehead atoms. The number of benzene rings is 2. The zero-order valence-corrected chi connectivity index (χ0v) is 44.9. The van der Waals surface area contributed by atoms with E-state index in [1.807, 2.05) is 6.92 Å². The number of hydrogen-bond acceptors (Lipinski definition) is 18. The van der Waals surface area contributed by atoms with Crippen molar-refractivity contribution in [3.05, 3.63) is 104 Å². The third-order valence-electron chi connectivity index (χ3n) is 10.8. The number of esters is 1. The van der Waals surface area contributed by atoms with Crippen molar-refractivity contribution in [1.82, 2.24) is 9.55 Å². The second kappa shape index (κ2) is 31.2. The zero-order valence-electron chi connectivity index (χ0n) is 41.3. The van der Waals surface area contributed by atoms with E-state index in [-0.39, 0.29) is 41.2 Å². The van der Waals surface area contributed by atoms with Gasteiger partial charge in [0, 0.05) is 18.2 Å². The second-order valence-corrected chi connectivity index (χ2v) is 23.5. The Kier molecular flexibility index (Phi) is 26.4. The van der Waals surface area contributed by atoms with Crippen LogP contribution in [-0.2, 0) is 72.2 Å². The third-order valence-corrected chi connectivity index (χ3v) is 17.0. The number of carbonyl (C=O) groups is 2. The SMILES string of the molecule is CCCCCCCCCCCCCCCCOC(=O)Oc1ccc(COP(=O)(OCc2ccc(OC(=O)CCCC)cc2)OP(=O)(O)OP(=O)(O)OP(=O)(O)OC[C@@H]2C=C[C@H](n3cc(C)c(=O)[nH]c3=O)O2)cc1. The minimum Gasteiger partial charge on any atom is -0.434 e. The number of phosphoric ester groups is 2. The molecule has 0 saturated heterocycles. The fraction of sp³-hybridized carbons (Fsp3) is 0.565. The molecule has 408 valence electrons. The van der Waals surface area contributed by atoms with Crippen LogP contribution in [0, 0.1) is 6.92 Å². The van der Waals surface area contributed by atoms with Gasteiger partial charge in [-0.2, -0.15) is 12.9 Å². The highest BCUT2D eigenvalue weighted by Crippen LogP contribution is 2.72. The summed E-state index contributed by atoms with van der Waals surface area (Å²) in [6, 6.07) is 11.0. The van der Waals surface area contributed by atoms with Gasteiger partial charge in [0.25, 0.3) is 5.56 Å². The number of aromatic nitrogens is 2. The predicted molar refractivity (Wildman–Crippen MR) is 265 cm³/mol. The van der Waals surface area contributed by atoms with Crippen LogP contribution in [0.4, 0.5) is 4.79 Å². The molecule has 23 nitrogen and oxygen atoms in total. The minimum absolute atomic E-state index is 0.0798. The van der Waals surface area contributed by atoms with Crippen molar-refractivity contribution in [3.8, 4) is 11.5 Å². The second-order valence-electron chi connectivity index (χ2n) is 17.0. The standard InChI is InChI=1S/C46H68N2O21P4/c1-4-6-8-9-10-11-12-13-14-15-16-17-18-19-31-60-46(52)66-40-27-23-38(24-28-40)34-63-73(59,62-33-37-21-25-39(26-22-37)65-43(49)20-7-5-2)69-72(57,58)68-71(55,56)67-70(53,54)61-35-41-29-30-42(64-41)48-32-36(3)44(50)47-45(48)51/h21-30,32,41-42H,4-20,31,33-35H2,1-3H3,(H,53,54)(H,55,56)(H,57,58)(H,47,50,51)/t41-,42+,73?/m0/s1. The Bertz CT molecular complexity index is 2530. The van der Waals surface area contributed by atoms with Gasteiger partial charge in [0.05, 0.1) is 26.4 Å². The largest absolute Gasteiger partial charge is 0.513 e. The molecule has 1 aliphatic rings. The Hall–Kier alpha value is -3.88. The van der Waals surface area contributed by atoms with Gasteiger partial charge < -0.3 is 33.6 Å². The van der Waals surface area contributed by atoms with Gasteiger partial charge in [-0.1, -0.05) is 134 Å². The maximum absolute atomic E-state index is 14.0. The molecule has 3 aromatic rings. The van der Waals surface area contributed by atoms with E-state index in [1.165, 1.54) is 138 Å². The zero-order chi connectivity index (χ0) is 53.3. The quantitative estimate of drug-likeness (QED) is 0.0105. The summed E-state index contributed by atoms with van der Waals surface area (Å²) in [6.07, 6.45) is 18.9. The molecule has 0 saturated carbocycles. The molecule has 73 heavy (non-hydrogen) atoms. The van der Waals surface area contributed by atoms with Gasteiger partial charge in [-0.3, -0.25) is 32.7 Å². The van der Waals surface area contributed by atoms with Crippen LogP contribution in [0.5, 0.6) is 11.5 Å². The van der Waals surface area contributed by atoms with Gasteiger partial charge in [-0.05, 0) is 61.2 Å². The summed E-state index contributed by atoms with van der Waals surface area (Å²) in [5, 5.41) is 0. The highest BCUT2D eigenvalue weighted by Gasteiger charge is 2.47. The first-order chi connectivity index (χ1) is 34.7. The lowest BCUT2D eigenvalue weighted by Gasteiger charge is -2.22. The van der Waals surface area contributed by atoms with Gasteiger partial charge in [0.1, 0.15) is 17.6 Å². The van der Waals surface area contributed by atoms with E-state index in [0.29, 0.717) is 12.8 Å². The van der Waals surface area contributed by atoms with Crippen molar-refractivity contribution in [2.75, 3.05) is 13.2 Å². The molecule has 27 heteroatoms. The van der Waals surface area contributed by atoms with E-state index < -0.39 is 86.8 Å². The first-order valence-corrected chi connectivity index (χ1v) is 30.2. The molecule has 2 heterocycles. The third kappa shape index (κ3) is 24.6. The summed E-state index contributed by atoms with van der Waals surface area (Å²) in [5.41, 5.74) is -0.796. The number of ether oxygens (including phenoxy) is 4. The summed E-state index contributed by atoms with van der Waals surface area (Å²) < 4.78 is 103. The summed E-state index contributed by atoms with van der Waals surface area (Å²) in [6.45, 7) is 3.60. The molecule has 4 N–H and O–H groups in total. The number of unbranched alkanes of at least 4 members (excludes halogenated alkanes) is 14. The molecular weight excluding hydrogens is 1040 g/mol. The molecule has 2 aromatic carbocycles. The molecule has 0 amide bonds. The van der Waals surface area contributed by atoms with E-state index in [0.717, 1.165) is 30.3 Å². The molecule has 1 aliphatic heterocycles. The molecule has 1 aromatic heterocycles. The fourth-order valence-corrected chi connectivity index (χ4v) is 12.4. The monoisotopic (exact) mass is 1110 g/mol. The average molecular weight is 1110 g/mol. The lowest BCUT2D eigenvalue weighted by molar-refractivity contribution is -0.134. The number of phosphoric acid groups is 4. The highest BCUT2D eigenvalue weighted by molar-refractivity contribution is 7.69. The van der Waals surface area contributed by atoms with Crippen LogP contribution in [0.3, 0.4) is 0 Å². The summed E-state index contributed by atoms with van der Waals surface area (Å²) in [7, 11) is -23.2. The number of H-pyrrole nitrogens is 1. The topological polar surface area (TPSA) is 310 Å². The van der Waals surface area contributed by atoms with Crippen molar-refractivity contribution in [2.45, 2.75) is 155 Å². The Balaban J connectivity index is 1.28. The molecule has 0 radical (unpaired) electrons. The number of aromatic amines is 1. The first-order valence-electron chi connectivity index (χ1n) is 24.2. The van der Waals surface area contributed by atoms with Crippen LogP contribution >= 0.6 is 31.3 Å². The van der Waals surface area contributed by atoms with E-state index in [9.17, 15) is 52.1 Å². The Morgan fingerprint density at radius 2 is 1.12 bits per heavy atom. The number of nitrogens with one attached hydrogen (secondary N) is 1. The molecule has 0 fully saturated rings. The van der Waals surface area contributed by atoms with Crippen molar-refractivity contribution < 1.29 is 88.0 Å². The smallest absolute Gasteiger partial charge is 0.434 e. The minimum atomic E-state index is -6.12. The van der Waals surface area contributed by atoms with Gasteiger partial charge in [-0.15, -0.1) is 0 Å². The van der Waals surface area contributed by atoms with E-state index in [2.05, 4.69) is 24.8 Å². The Labute approximate surface area is 424 Å². The van der Waals surface area contributed by atoms with Crippen LogP contribution in [0.1, 0.15) is 146 Å². The molecule has 4 unspecified atom stereocenters. The van der Waals surface area contributed by atoms with Gasteiger partial charge in [-0.25, -0.2) is 27.8 Å². The number of carbonyl (C=O) groups excluding carboxylic acids is 2. The van der Waals surface area contributed by atoms with Crippen LogP contribution in [0.2, 0.25) is 0 Å². The van der Waals surface area contributed by atoms with E-state index in [1.54, 1.807) is 0 Å². The average Bonchev–Trinajstić information content (AvgIpc) is 3.80. The first kappa shape index (κ1) is 61.7. The molecule has 4 rings (SSSR count). The van der Waals surface area contributed by atoms with Crippen molar-refractivity contribution in [1.29, 1.82) is 0 Å². The molecular formula is C46H68N2O21P4. The number of nitrogens with zero attached hydrogens (tertiary/aromatic N) is 1. The predicted octanol–water partition coefficient (Wildman–Crippen LogP) is 11.3. The Morgan fingerprint density at radius 3 is 1.67 bits per heavy atom. The maximum Gasteiger partial charge on any atom is 0.513 e. The summed E-state index contributed by atoms with van der Waals surface area (Å²) in [5.74, 6) is -0.208. The van der Waals surface area contributed by atoms with Crippen molar-refractivity contribution in [3.63, 3.8) is 0 Å². The van der Waals surface area contributed by atoms with Crippen LogP contribution in [0.25, 0.3) is 0 Å². The summed E-state index contributed by atoms with van der Waals surface area (Å²) in [4.78, 5) is 81.4. The van der Waals surface area contributed by atoms with Crippen LogP contribution in [0.15, 0.2) is 76.5 Å². The van der Waals surface area contributed by atoms with Gasteiger partial charge >= 0.3 is 49.1 Å². The Morgan fingerprint density at radius 1 is 0.630 bits per heavy atom. The van der Waals surface area contributed by atoms with E-state index >= 15 is 0 Å². The number of rotatable bonds is 36. The lowest BCUT2D eigenvalue weighted by Crippen LogP contribution is -2.33. The molecule has 0 spiro atoms. The molecule has 6 atom stereocenters. The van der Waals surface area contributed by atoms with Crippen molar-refractivity contribution in [2.24, 2.45) is 0 Å². The lowest BCUT2D eigenvalue weighted by atomic mass is 10.0. The van der Waals surface area contributed by atoms with Gasteiger partial charge in [0.15, 0.2) is 6.23 Å². The van der Waals surface area contributed by atoms with E-state index in [4.69, 9.17) is 32.5 Å². The molecule has 0 aliphatic carbocycles. The summed E-state index contributed by atoms with van der Waals surface area (Å²) >= 11 is 0. The van der Waals surface area contributed by atoms with Crippen molar-refractivity contribution >= 4 is 43.4 Å². The van der Waals surface area contributed by atoms with Crippen LogP contribution < -0.4 is 20.7 Å². The van der Waals surface area contributed by atoms with Gasteiger partial charge in [0.2, 0.25) is 0 Å². The fourth-order valence-electron chi connectivity index (χ4n) is 6.91. The van der Waals surface area contributed by atoms with Crippen LogP contribution in [-0.4, -0.2) is 55.7 Å². The highest BCUT2D eigenvalue weighted by atomic mass is 31.3. The number of hydrogen-bond donors (Lipinski definition) is 4. The number of aryl methyl sites for hydroxylation is 1. The maximum atomic E-state index is 14.0.